The van der Waals surface area contributed by atoms with E-state index in [-0.39, 0.29) is 23.8 Å². The number of amides is 2. The molecule has 0 atom stereocenters. The molecule has 0 heterocycles. The van der Waals surface area contributed by atoms with E-state index in [1.807, 2.05) is 0 Å². The van der Waals surface area contributed by atoms with Gasteiger partial charge in [-0.15, -0.1) is 11.8 Å². The van der Waals surface area contributed by atoms with Crippen molar-refractivity contribution in [2.24, 2.45) is 5.73 Å². The van der Waals surface area contributed by atoms with Crippen molar-refractivity contribution in [1.29, 1.82) is 0 Å². The third-order valence-corrected chi connectivity index (χ3v) is 2.47. The number of carbonyl (C=O) groups is 3. The lowest BCUT2D eigenvalue weighted by Crippen LogP contribution is -2.46. The number of rotatable bonds is 7. The molecular formula is C9H16N2O4S. The van der Waals surface area contributed by atoms with Crippen molar-refractivity contribution in [3.05, 3.63) is 0 Å². The molecule has 2 amide bonds. The summed E-state index contributed by atoms with van der Waals surface area (Å²) in [4.78, 5) is 32.2. The first-order chi connectivity index (χ1) is 7.23. The SMILES string of the molecule is CC(C)(CC(N)=O)NC(=O)CSCC(=O)O. The first-order valence-electron chi connectivity index (χ1n) is 4.62. The van der Waals surface area contributed by atoms with Gasteiger partial charge in [0.25, 0.3) is 0 Å². The van der Waals surface area contributed by atoms with Crippen LogP contribution in [0.5, 0.6) is 0 Å². The zero-order valence-corrected chi connectivity index (χ0v) is 10.1. The van der Waals surface area contributed by atoms with Crippen LogP contribution in [0.2, 0.25) is 0 Å². The summed E-state index contributed by atoms with van der Waals surface area (Å²) in [5, 5.41) is 11.0. The van der Waals surface area contributed by atoms with Crippen LogP contribution in [0.4, 0.5) is 0 Å². The zero-order valence-electron chi connectivity index (χ0n) is 9.28. The van der Waals surface area contributed by atoms with Crippen LogP contribution in [0.3, 0.4) is 0 Å². The summed E-state index contributed by atoms with van der Waals surface area (Å²) in [6.07, 6.45) is 0.0440. The lowest BCUT2D eigenvalue weighted by Gasteiger charge is -2.24. The van der Waals surface area contributed by atoms with E-state index in [9.17, 15) is 14.4 Å². The van der Waals surface area contributed by atoms with Gasteiger partial charge in [0.2, 0.25) is 11.8 Å². The predicted molar refractivity (Wildman–Crippen MR) is 61.0 cm³/mol. The second-order valence-electron chi connectivity index (χ2n) is 3.96. The number of carboxylic acids is 1. The summed E-state index contributed by atoms with van der Waals surface area (Å²) < 4.78 is 0. The first-order valence-corrected chi connectivity index (χ1v) is 5.77. The van der Waals surface area contributed by atoms with E-state index in [0.29, 0.717) is 0 Å². The van der Waals surface area contributed by atoms with Crippen molar-refractivity contribution in [3.63, 3.8) is 0 Å². The quantitative estimate of drug-likeness (QED) is 0.566. The number of nitrogens with two attached hydrogens (primary N) is 1. The Hall–Kier alpha value is -1.24. The van der Waals surface area contributed by atoms with Gasteiger partial charge in [0.05, 0.1) is 11.5 Å². The molecule has 0 aromatic carbocycles. The molecule has 4 N–H and O–H groups in total. The van der Waals surface area contributed by atoms with Crippen LogP contribution >= 0.6 is 11.8 Å². The molecule has 16 heavy (non-hydrogen) atoms. The minimum atomic E-state index is -0.964. The molecule has 0 aliphatic rings. The zero-order chi connectivity index (χ0) is 12.8. The minimum Gasteiger partial charge on any atom is -0.481 e. The fourth-order valence-corrected chi connectivity index (χ4v) is 1.66. The summed E-state index contributed by atoms with van der Waals surface area (Å²) in [6.45, 7) is 3.36. The van der Waals surface area contributed by atoms with E-state index in [1.54, 1.807) is 13.8 Å². The smallest absolute Gasteiger partial charge is 0.313 e. The minimum absolute atomic E-state index is 0.0440. The molecule has 0 unspecified atom stereocenters. The molecule has 0 aliphatic carbocycles. The van der Waals surface area contributed by atoms with Crippen molar-refractivity contribution in [1.82, 2.24) is 5.32 Å². The Morgan fingerprint density at radius 3 is 2.31 bits per heavy atom. The Kier molecular flexibility index (Phi) is 5.87. The molecule has 0 radical (unpaired) electrons. The highest BCUT2D eigenvalue weighted by atomic mass is 32.2. The van der Waals surface area contributed by atoms with Crippen molar-refractivity contribution >= 4 is 29.5 Å². The molecule has 0 rings (SSSR count). The Labute approximate surface area is 98.0 Å². The Morgan fingerprint density at radius 2 is 1.88 bits per heavy atom. The Morgan fingerprint density at radius 1 is 1.31 bits per heavy atom. The van der Waals surface area contributed by atoms with E-state index in [1.165, 1.54) is 0 Å². The van der Waals surface area contributed by atoms with Gasteiger partial charge in [-0.3, -0.25) is 14.4 Å². The van der Waals surface area contributed by atoms with E-state index in [2.05, 4.69) is 5.32 Å². The molecule has 0 bridgehead atoms. The summed E-state index contributed by atoms with van der Waals surface area (Å²) >= 11 is 1.00. The van der Waals surface area contributed by atoms with Gasteiger partial charge in [0.1, 0.15) is 0 Å². The number of thioether (sulfide) groups is 1. The second kappa shape index (κ2) is 6.37. The Balaban J connectivity index is 3.94. The average Bonchev–Trinajstić information content (AvgIpc) is 1.98. The fourth-order valence-electron chi connectivity index (χ4n) is 1.12. The molecule has 92 valence electrons. The monoisotopic (exact) mass is 248 g/mol. The first kappa shape index (κ1) is 14.8. The number of carboxylic acid groups (broad SMARTS) is 1. The summed E-state index contributed by atoms with van der Waals surface area (Å²) in [5.41, 5.74) is 4.32. The maximum atomic E-state index is 11.3. The molecule has 0 aliphatic heterocycles. The molecule has 6 nitrogen and oxygen atoms in total. The van der Waals surface area contributed by atoms with Gasteiger partial charge < -0.3 is 16.2 Å². The maximum Gasteiger partial charge on any atom is 0.313 e. The van der Waals surface area contributed by atoms with Gasteiger partial charge in [0.15, 0.2) is 0 Å². The van der Waals surface area contributed by atoms with E-state index in [4.69, 9.17) is 10.8 Å². The number of aliphatic carboxylic acids is 1. The van der Waals surface area contributed by atoms with Gasteiger partial charge in [-0.1, -0.05) is 0 Å². The lowest BCUT2D eigenvalue weighted by molar-refractivity contribution is -0.134. The lowest BCUT2D eigenvalue weighted by atomic mass is 10.0. The number of carbonyl (C=O) groups excluding carboxylic acids is 2. The maximum absolute atomic E-state index is 11.3. The molecule has 0 saturated heterocycles. The van der Waals surface area contributed by atoms with Gasteiger partial charge in [-0.05, 0) is 13.8 Å². The van der Waals surface area contributed by atoms with Crippen LogP contribution in [-0.2, 0) is 14.4 Å². The van der Waals surface area contributed by atoms with Crippen molar-refractivity contribution < 1.29 is 19.5 Å². The summed E-state index contributed by atoms with van der Waals surface area (Å²) in [7, 11) is 0. The molecular weight excluding hydrogens is 232 g/mol. The van der Waals surface area contributed by atoms with E-state index in [0.717, 1.165) is 11.8 Å². The summed E-state index contributed by atoms with van der Waals surface area (Å²) in [6, 6.07) is 0. The number of hydrogen-bond donors (Lipinski definition) is 3. The highest BCUT2D eigenvalue weighted by Gasteiger charge is 2.22. The summed E-state index contributed by atoms with van der Waals surface area (Å²) in [5.74, 6) is -1.84. The van der Waals surface area contributed by atoms with Gasteiger partial charge in [0, 0.05) is 12.0 Å². The van der Waals surface area contributed by atoms with Crippen LogP contribution < -0.4 is 11.1 Å². The molecule has 0 spiro atoms. The van der Waals surface area contributed by atoms with E-state index < -0.39 is 17.4 Å². The van der Waals surface area contributed by atoms with Crippen molar-refractivity contribution in [2.45, 2.75) is 25.8 Å². The third-order valence-electron chi connectivity index (χ3n) is 1.55. The normalized spacial score (nSPS) is 10.9. The predicted octanol–water partition coefficient (Wildman–Crippen LogP) is -0.426. The fraction of sp³-hybridized carbons (Fsp3) is 0.667. The van der Waals surface area contributed by atoms with Crippen molar-refractivity contribution in [2.75, 3.05) is 11.5 Å². The van der Waals surface area contributed by atoms with Crippen molar-refractivity contribution in [3.8, 4) is 0 Å². The average molecular weight is 248 g/mol. The number of nitrogens with one attached hydrogen (secondary N) is 1. The van der Waals surface area contributed by atoms with Crippen LogP contribution in [0.1, 0.15) is 20.3 Å². The number of hydrogen-bond acceptors (Lipinski definition) is 4. The largest absolute Gasteiger partial charge is 0.481 e. The van der Waals surface area contributed by atoms with Gasteiger partial charge in [-0.25, -0.2) is 0 Å². The highest BCUT2D eigenvalue weighted by Crippen LogP contribution is 2.08. The molecule has 0 aromatic heterocycles. The standard InChI is InChI=1S/C9H16N2O4S/c1-9(2,3-6(10)12)11-7(13)4-16-5-8(14)15/h3-5H2,1-2H3,(H2,10,12)(H,11,13)(H,14,15). The van der Waals surface area contributed by atoms with Gasteiger partial charge in [-0.2, -0.15) is 0 Å². The molecule has 7 heteroatoms. The van der Waals surface area contributed by atoms with Crippen LogP contribution in [0.25, 0.3) is 0 Å². The highest BCUT2D eigenvalue weighted by molar-refractivity contribution is 8.00. The van der Waals surface area contributed by atoms with Crippen LogP contribution in [0.15, 0.2) is 0 Å². The second-order valence-corrected chi connectivity index (χ2v) is 4.95. The molecule has 0 saturated carbocycles. The third kappa shape index (κ3) is 8.10. The molecule has 0 aromatic rings. The van der Waals surface area contributed by atoms with E-state index >= 15 is 0 Å². The van der Waals surface area contributed by atoms with Crippen LogP contribution in [-0.4, -0.2) is 39.9 Å². The molecule has 0 fully saturated rings. The van der Waals surface area contributed by atoms with Gasteiger partial charge >= 0.3 is 5.97 Å². The topological polar surface area (TPSA) is 109 Å². The van der Waals surface area contributed by atoms with Crippen LogP contribution in [0, 0.1) is 0 Å². The Bertz CT molecular complexity index is 291. The number of primary amides is 1.